The number of aromatic nitrogens is 2. The van der Waals surface area contributed by atoms with Crippen molar-refractivity contribution in [2.24, 2.45) is 7.05 Å². The molecule has 6 nitrogen and oxygen atoms in total. The quantitative estimate of drug-likeness (QED) is 0.722. The number of benzene rings is 2. The number of anilines is 3. The summed E-state index contributed by atoms with van der Waals surface area (Å²) in [5.74, 6) is 0.631. The zero-order valence-corrected chi connectivity index (χ0v) is 13.6. The third-order valence-corrected chi connectivity index (χ3v) is 3.49. The van der Waals surface area contributed by atoms with Crippen LogP contribution < -0.4 is 15.8 Å². The van der Waals surface area contributed by atoms with Crippen molar-refractivity contribution in [3.63, 3.8) is 0 Å². The van der Waals surface area contributed by atoms with Crippen LogP contribution in [0.4, 0.5) is 22.0 Å². The first-order valence-electron chi connectivity index (χ1n) is 7.62. The maximum atomic E-state index is 12.4. The van der Waals surface area contributed by atoms with E-state index in [1.165, 1.54) is 0 Å². The minimum atomic E-state index is -0.342. The number of para-hydroxylation sites is 2. The summed E-state index contributed by atoms with van der Waals surface area (Å²) in [6, 6.07) is 20.8. The number of aryl methyl sites for hydroxylation is 2. The summed E-state index contributed by atoms with van der Waals surface area (Å²) < 4.78 is 1.63. The number of hydrogen-bond donors (Lipinski definition) is 2. The van der Waals surface area contributed by atoms with Gasteiger partial charge in [-0.25, -0.2) is 10.2 Å². The first-order chi connectivity index (χ1) is 11.6. The second kappa shape index (κ2) is 6.87. The van der Waals surface area contributed by atoms with E-state index in [-0.39, 0.29) is 6.03 Å². The molecule has 1 heterocycles. The molecule has 0 fully saturated rings. The standard InChI is InChI=1S/C18H19N5O/c1-14-13-17(22(2)20-14)19-18(24)21-23(15-9-5-3-6-10-15)16-11-7-4-8-12-16/h3-13H,1-2H3,(H2,19,21,24). The monoisotopic (exact) mass is 321 g/mol. The molecule has 2 amide bonds. The minimum Gasteiger partial charge on any atom is -0.291 e. The zero-order valence-electron chi connectivity index (χ0n) is 13.6. The molecule has 0 saturated heterocycles. The van der Waals surface area contributed by atoms with E-state index in [9.17, 15) is 4.79 Å². The Morgan fingerprint density at radius 1 is 1.00 bits per heavy atom. The van der Waals surface area contributed by atoms with Crippen molar-refractivity contribution in [1.82, 2.24) is 15.2 Å². The largest absolute Gasteiger partial charge is 0.339 e. The van der Waals surface area contributed by atoms with Gasteiger partial charge in [-0.3, -0.25) is 15.0 Å². The van der Waals surface area contributed by atoms with Gasteiger partial charge >= 0.3 is 6.03 Å². The molecule has 0 radical (unpaired) electrons. The summed E-state index contributed by atoms with van der Waals surface area (Å²) in [6.45, 7) is 1.88. The number of nitrogens with one attached hydrogen (secondary N) is 2. The highest BCUT2D eigenvalue weighted by molar-refractivity contribution is 5.90. The van der Waals surface area contributed by atoms with E-state index in [2.05, 4.69) is 15.8 Å². The Kier molecular flexibility index (Phi) is 4.47. The molecule has 1 aromatic heterocycles. The first kappa shape index (κ1) is 15.6. The number of hydrogen-bond acceptors (Lipinski definition) is 3. The van der Waals surface area contributed by atoms with E-state index < -0.39 is 0 Å². The van der Waals surface area contributed by atoms with Crippen LogP contribution in [0, 0.1) is 6.92 Å². The molecule has 0 aliphatic carbocycles. The van der Waals surface area contributed by atoms with E-state index in [1.807, 2.05) is 73.7 Å². The molecular weight excluding hydrogens is 302 g/mol. The van der Waals surface area contributed by atoms with Gasteiger partial charge in [-0.05, 0) is 31.2 Å². The van der Waals surface area contributed by atoms with Crippen molar-refractivity contribution < 1.29 is 4.79 Å². The third-order valence-electron chi connectivity index (χ3n) is 3.49. The summed E-state index contributed by atoms with van der Waals surface area (Å²) >= 11 is 0. The van der Waals surface area contributed by atoms with Gasteiger partial charge in [0.15, 0.2) is 0 Å². The molecule has 3 rings (SSSR count). The van der Waals surface area contributed by atoms with Gasteiger partial charge in [-0.15, -0.1) is 0 Å². The van der Waals surface area contributed by atoms with Crippen molar-refractivity contribution in [2.75, 3.05) is 10.3 Å². The molecule has 0 aliphatic heterocycles. The SMILES string of the molecule is Cc1cc(NC(=O)NN(c2ccccc2)c2ccccc2)n(C)n1. The van der Waals surface area contributed by atoms with Gasteiger partial charge in [0.2, 0.25) is 0 Å². The van der Waals surface area contributed by atoms with Crippen molar-refractivity contribution in [2.45, 2.75) is 6.92 Å². The first-order valence-corrected chi connectivity index (χ1v) is 7.62. The highest BCUT2D eigenvalue weighted by Crippen LogP contribution is 2.22. The molecular formula is C18H19N5O. The number of amides is 2. The molecule has 0 spiro atoms. The van der Waals surface area contributed by atoms with Crippen molar-refractivity contribution >= 4 is 23.2 Å². The lowest BCUT2D eigenvalue weighted by Crippen LogP contribution is -2.41. The number of hydrazine groups is 1. The van der Waals surface area contributed by atoms with Crippen molar-refractivity contribution in [1.29, 1.82) is 0 Å². The lowest BCUT2D eigenvalue weighted by atomic mass is 10.2. The van der Waals surface area contributed by atoms with Crippen LogP contribution in [0.25, 0.3) is 0 Å². The summed E-state index contributed by atoms with van der Waals surface area (Å²) in [7, 11) is 1.79. The molecule has 2 aromatic carbocycles. The van der Waals surface area contributed by atoms with E-state index in [0.717, 1.165) is 17.1 Å². The molecule has 0 unspecified atom stereocenters. The Bertz CT molecular complexity index is 774. The number of carbonyl (C=O) groups excluding carboxylic acids is 1. The zero-order chi connectivity index (χ0) is 16.9. The number of urea groups is 1. The van der Waals surface area contributed by atoms with Gasteiger partial charge in [0.05, 0.1) is 17.1 Å². The fourth-order valence-electron chi connectivity index (χ4n) is 2.41. The van der Waals surface area contributed by atoms with Crippen LogP contribution in [-0.2, 0) is 7.05 Å². The molecule has 0 bridgehead atoms. The molecule has 122 valence electrons. The van der Waals surface area contributed by atoms with Gasteiger partial charge in [0, 0.05) is 13.1 Å². The van der Waals surface area contributed by atoms with Crippen LogP contribution in [0.5, 0.6) is 0 Å². The summed E-state index contributed by atoms with van der Waals surface area (Å²) in [4.78, 5) is 12.4. The molecule has 3 aromatic rings. The van der Waals surface area contributed by atoms with Gasteiger partial charge < -0.3 is 0 Å². The highest BCUT2D eigenvalue weighted by Gasteiger charge is 2.13. The maximum Gasteiger partial charge on any atom is 0.339 e. The van der Waals surface area contributed by atoms with Gasteiger partial charge in [0.25, 0.3) is 0 Å². The Morgan fingerprint density at radius 3 is 2.00 bits per heavy atom. The van der Waals surface area contributed by atoms with E-state index >= 15 is 0 Å². The molecule has 0 saturated carbocycles. The Labute approximate surface area is 140 Å². The Morgan fingerprint density at radius 2 is 1.54 bits per heavy atom. The minimum absolute atomic E-state index is 0.342. The third kappa shape index (κ3) is 3.55. The fraction of sp³-hybridized carbons (Fsp3) is 0.111. The predicted octanol–water partition coefficient (Wildman–Crippen LogP) is 3.60. The second-order valence-corrected chi connectivity index (χ2v) is 5.37. The average Bonchev–Trinajstić information content (AvgIpc) is 2.91. The normalized spacial score (nSPS) is 10.2. The molecule has 0 atom stereocenters. The van der Waals surface area contributed by atoms with Crippen LogP contribution in [0.2, 0.25) is 0 Å². The van der Waals surface area contributed by atoms with Crippen LogP contribution in [0.1, 0.15) is 5.69 Å². The molecule has 0 aliphatic rings. The lowest BCUT2D eigenvalue weighted by Gasteiger charge is -2.25. The summed E-state index contributed by atoms with van der Waals surface area (Å²) in [6.07, 6.45) is 0. The molecule has 2 N–H and O–H groups in total. The average molecular weight is 321 g/mol. The van der Waals surface area contributed by atoms with E-state index in [0.29, 0.717) is 5.82 Å². The number of nitrogens with zero attached hydrogens (tertiary/aromatic N) is 3. The predicted molar refractivity (Wildman–Crippen MR) is 95.1 cm³/mol. The van der Waals surface area contributed by atoms with Crippen LogP contribution >= 0.6 is 0 Å². The summed E-state index contributed by atoms with van der Waals surface area (Å²) in [5, 5.41) is 8.76. The molecule has 24 heavy (non-hydrogen) atoms. The summed E-state index contributed by atoms with van der Waals surface area (Å²) in [5.41, 5.74) is 5.44. The van der Waals surface area contributed by atoms with Crippen LogP contribution in [0.3, 0.4) is 0 Å². The van der Waals surface area contributed by atoms with Gasteiger partial charge in [-0.2, -0.15) is 5.10 Å². The van der Waals surface area contributed by atoms with Crippen LogP contribution in [-0.4, -0.2) is 15.8 Å². The van der Waals surface area contributed by atoms with Gasteiger partial charge in [0.1, 0.15) is 5.82 Å². The lowest BCUT2D eigenvalue weighted by molar-refractivity contribution is 0.252. The van der Waals surface area contributed by atoms with Crippen molar-refractivity contribution in [3.05, 3.63) is 72.4 Å². The Balaban J connectivity index is 1.82. The maximum absolute atomic E-state index is 12.4. The van der Waals surface area contributed by atoms with E-state index in [1.54, 1.807) is 16.7 Å². The number of carbonyl (C=O) groups is 1. The highest BCUT2D eigenvalue weighted by atomic mass is 16.2. The van der Waals surface area contributed by atoms with Crippen molar-refractivity contribution in [3.8, 4) is 0 Å². The van der Waals surface area contributed by atoms with Gasteiger partial charge in [-0.1, -0.05) is 36.4 Å². The van der Waals surface area contributed by atoms with Crippen LogP contribution in [0.15, 0.2) is 66.7 Å². The van der Waals surface area contributed by atoms with E-state index in [4.69, 9.17) is 0 Å². The second-order valence-electron chi connectivity index (χ2n) is 5.37. The smallest absolute Gasteiger partial charge is 0.291 e. The Hall–Kier alpha value is -3.28. The molecule has 6 heteroatoms. The number of rotatable bonds is 4. The topological polar surface area (TPSA) is 62.2 Å². The fourth-order valence-corrected chi connectivity index (χ4v) is 2.41.